The molecule has 0 heterocycles. The Morgan fingerprint density at radius 2 is 1.75 bits per heavy atom. The Kier molecular flexibility index (Phi) is 5.41. The summed E-state index contributed by atoms with van der Waals surface area (Å²) in [6.45, 7) is 4.43. The highest BCUT2D eigenvalue weighted by molar-refractivity contribution is 7.86. The number of rotatable bonds is 6. The minimum absolute atomic E-state index is 0.0244. The van der Waals surface area contributed by atoms with Gasteiger partial charge in [0.1, 0.15) is 0 Å². The molecule has 0 spiro atoms. The molecule has 0 saturated carbocycles. The Balaban J connectivity index is 3.00. The second-order valence-electron chi connectivity index (χ2n) is 4.11. The van der Waals surface area contributed by atoms with Gasteiger partial charge in [0.15, 0.2) is 5.78 Å². The smallest absolute Gasteiger partial charge is 0.344 e. The SMILES string of the molecule is CCOC(=O)[C@@H](OS(=O)(=O)c1ccc(C)cc1)C(C)=O. The van der Waals surface area contributed by atoms with Crippen LogP contribution in [0.3, 0.4) is 0 Å². The molecular weight excluding hydrogens is 284 g/mol. The molecule has 0 fully saturated rings. The van der Waals surface area contributed by atoms with Crippen LogP contribution in [0.1, 0.15) is 19.4 Å². The highest BCUT2D eigenvalue weighted by Crippen LogP contribution is 2.16. The maximum Gasteiger partial charge on any atom is 0.344 e. The van der Waals surface area contributed by atoms with Crippen LogP contribution < -0.4 is 0 Å². The largest absolute Gasteiger partial charge is 0.464 e. The molecule has 20 heavy (non-hydrogen) atoms. The van der Waals surface area contributed by atoms with Crippen molar-refractivity contribution in [1.29, 1.82) is 0 Å². The molecule has 0 bridgehead atoms. The minimum Gasteiger partial charge on any atom is -0.464 e. The van der Waals surface area contributed by atoms with Gasteiger partial charge in [-0.25, -0.2) is 8.98 Å². The number of hydrogen-bond acceptors (Lipinski definition) is 6. The Bertz CT molecular complexity index is 588. The number of hydrogen-bond donors (Lipinski definition) is 0. The lowest BCUT2D eigenvalue weighted by Gasteiger charge is -2.13. The third kappa shape index (κ3) is 4.14. The average molecular weight is 300 g/mol. The molecule has 0 unspecified atom stereocenters. The van der Waals surface area contributed by atoms with E-state index in [0.717, 1.165) is 12.5 Å². The first-order chi connectivity index (χ1) is 9.27. The van der Waals surface area contributed by atoms with Crippen molar-refractivity contribution in [3.05, 3.63) is 29.8 Å². The van der Waals surface area contributed by atoms with Gasteiger partial charge in [-0.05, 0) is 32.9 Å². The zero-order valence-corrected chi connectivity index (χ0v) is 12.3. The molecule has 0 saturated heterocycles. The minimum atomic E-state index is -4.21. The van der Waals surface area contributed by atoms with Gasteiger partial charge in [-0.1, -0.05) is 17.7 Å². The van der Waals surface area contributed by atoms with Crippen LogP contribution in [-0.4, -0.2) is 32.9 Å². The number of carbonyl (C=O) groups is 2. The molecule has 0 aromatic heterocycles. The summed E-state index contributed by atoms with van der Waals surface area (Å²) >= 11 is 0. The van der Waals surface area contributed by atoms with E-state index >= 15 is 0 Å². The van der Waals surface area contributed by atoms with Gasteiger partial charge in [0.25, 0.3) is 10.1 Å². The predicted octanol–water partition coefficient (Wildman–Crippen LogP) is 1.22. The van der Waals surface area contributed by atoms with Gasteiger partial charge in [0.05, 0.1) is 11.5 Å². The molecule has 1 aromatic rings. The fourth-order valence-electron chi connectivity index (χ4n) is 1.38. The summed E-state index contributed by atoms with van der Waals surface area (Å²) < 4.78 is 33.3. The molecule has 0 N–H and O–H groups in total. The van der Waals surface area contributed by atoms with E-state index in [4.69, 9.17) is 0 Å². The van der Waals surface area contributed by atoms with Crippen LogP contribution in [0.15, 0.2) is 29.2 Å². The van der Waals surface area contributed by atoms with Crippen molar-refractivity contribution in [3.8, 4) is 0 Å². The van der Waals surface area contributed by atoms with Crippen molar-refractivity contribution in [1.82, 2.24) is 0 Å². The van der Waals surface area contributed by atoms with Crippen molar-refractivity contribution >= 4 is 21.9 Å². The lowest BCUT2D eigenvalue weighted by molar-refractivity contribution is -0.154. The summed E-state index contributed by atoms with van der Waals surface area (Å²) in [5, 5.41) is 0. The number of benzene rings is 1. The number of ketones is 1. The second kappa shape index (κ2) is 6.62. The molecular formula is C13H16O6S. The van der Waals surface area contributed by atoms with E-state index in [9.17, 15) is 18.0 Å². The summed E-state index contributed by atoms with van der Waals surface area (Å²) in [5.74, 6) is -1.75. The Morgan fingerprint density at radius 3 is 2.20 bits per heavy atom. The topological polar surface area (TPSA) is 86.7 Å². The van der Waals surface area contributed by atoms with Crippen molar-refractivity contribution in [2.24, 2.45) is 0 Å². The van der Waals surface area contributed by atoms with Crippen molar-refractivity contribution in [2.75, 3.05) is 6.61 Å². The van der Waals surface area contributed by atoms with Gasteiger partial charge < -0.3 is 4.74 Å². The van der Waals surface area contributed by atoms with E-state index in [-0.39, 0.29) is 11.5 Å². The van der Waals surface area contributed by atoms with Crippen LogP contribution in [0.5, 0.6) is 0 Å². The normalized spacial score (nSPS) is 12.8. The Hall–Kier alpha value is -1.73. The molecule has 0 radical (unpaired) electrons. The monoisotopic (exact) mass is 300 g/mol. The molecule has 0 aliphatic carbocycles. The number of ether oxygens (including phenoxy) is 1. The van der Waals surface area contributed by atoms with Gasteiger partial charge >= 0.3 is 5.97 Å². The second-order valence-corrected chi connectivity index (χ2v) is 5.68. The molecule has 1 aromatic carbocycles. The lowest BCUT2D eigenvalue weighted by atomic mass is 10.2. The van der Waals surface area contributed by atoms with Crippen molar-refractivity contribution < 1.29 is 26.9 Å². The highest BCUT2D eigenvalue weighted by atomic mass is 32.2. The first-order valence-corrected chi connectivity index (χ1v) is 7.35. The van der Waals surface area contributed by atoms with Crippen molar-refractivity contribution in [3.63, 3.8) is 0 Å². The van der Waals surface area contributed by atoms with E-state index in [1.165, 1.54) is 12.1 Å². The molecule has 7 heteroatoms. The van der Waals surface area contributed by atoms with Crippen LogP contribution in [0.4, 0.5) is 0 Å². The predicted molar refractivity (Wildman–Crippen MR) is 70.6 cm³/mol. The third-order valence-electron chi connectivity index (χ3n) is 2.40. The molecule has 1 rings (SSSR count). The number of aryl methyl sites for hydroxylation is 1. The number of Topliss-reactive ketones (excluding diaryl/α,β-unsaturated/α-hetero) is 1. The molecule has 0 aliphatic heterocycles. The summed E-state index contributed by atoms with van der Waals surface area (Å²) in [4.78, 5) is 22.7. The standard InChI is InChI=1S/C13H16O6S/c1-4-18-13(15)12(10(3)14)19-20(16,17)11-7-5-9(2)6-8-11/h5-8,12H,4H2,1-3H3/t12-/m0/s1. The first-order valence-electron chi connectivity index (χ1n) is 5.95. The third-order valence-corrected chi connectivity index (χ3v) is 3.70. The number of carbonyl (C=O) groups excluding carboxylic acids is 2. The summed E-state index contributed by atoms with van der Waals surface area (Å²) in [5.41, 5.74) is 0.873. The first kappa shape index (κ1) is 16.3. The van der Waals surface area contributed by atoms with Gasteiger partial charge in [-0.2, -0.15) is 8.42 Å². The molecule has 0 aliphatic rings. The van der Waals surface area contributed by atoms with Gasteiger partial charge in [-0.15, -0.1) is 0 Å². The Morgan fingerprint density at radius 1 is 1.20 bits per heavy atom. The zero-order valence-electron chi connectivity index (χ0n) is 11.5. The van der Waals surface area contributed by atoms with E-state index < -0.39 is 28.0 Å². The van der Waals surface area contributed by atoms with E-state index in [1.54, 1.807) is 26.0 Å². The van der Waals surface area contributed by atoms with E-state index in [0.29, 0.717) is 0 Å². The van der Waals surface area contributed by atoms with Crippen LogP contribution in [-0.2, 0) is 28.6 Å². The molecule has 110 valence electrons. The Labute approximate surface area is 117 Å². The maximum atomic E-state index is 12.0. The van der Waals surface area contributed by atoms with Crippen LogP contribution in [0, 0.1) is 6.92 Å². The average Bonchev–Trinajstić information content (AvgIpc) is 2.36. The quantitative estimate of drug-likeness (QED) is 0.446. The number of esters is 1. The summed E-state index contributed by atoms with van der Waals surface area (Å²) in [7, 11) is -4.21. The lowest BCUT2D eigenvalue weighted by Crippen LogP contribution is -2.35. The van der Waals surface area contributed by atoms with Crippen LogP contribution in [0.25, 0.3) is 0 Å². The maximum absolute atomic E-state index is 12.0. The van der Waals surface area contributed by atoms with E-state index in [2.05, 4.69) is 8.92 Å². The molecule has 0 amide bonds. The van der Waals surface area contributed by atoms with E-state index in [1.807, 2.05) is 0 Å². The molecule has 6 nitrogen and oxygen atoms in total. The highest BCUT2D eigenvalue weighted by Gasteiger charge is 2.32. The van der Waals surface area contributed by atoms with Gasteiger partial charge in [0.2, 0.25) is 6.10 Å². The van der Waals surface area contributed by atoms with Crippen LogP contribution >= 0.6 is 0 Å². The van der Waals surface area contributed by atoms with Gasteiger partial charge in [-0.3, -0.25) is 4.79 Å². The zero-order chi connectivity index (χ0) is 15.3. The summed E-state index contributed by atoms with van der Waals surface area (Å²) in [6.07, 6.45) is -1.78. The van der Waals surface area contributed by atoms with Gasteiger partial charge in [0, 0.05) is 0 Å². The van der Waals surface area contributed by atoms with Crippen molar-refractivity contribution in [2.45, 2.75) is 31.8 Å². The fraction of sp³-hybridized carbons (Fsp3) is 0.385. The van der Waals surface area contributed by atoms with Crippen LogP contribution in [0.2, 0.25) is 0 Å². The fourth-order valence-corrected chi connectivity index (χ4v) is 2.43. The molecule has 1 atom stereocenters. The summed E-state index contributed by atoms with van der Waals surface area (Å²) in [6, 6.07) is 5.85.